The molecule has 0 aliphatic rings. The van der Waals surface area contributed by atoms with Crippen LogP contribution in [-0.4, -0.2) is 74.3 Å². The maximum atomic E-state index is 13.6. The van der Waals surface area contributed by atoms with E-state index >= 15 is 0 Å². The first-order chi connectivity index (χ1) is 42.4. The zero-order valence-electron chi connectivity index (χ0n) is 57.5. The van der Waals surface area contributed by atoms with Gasteiger partial charge in [-0.2, -0.15) is 0 Å². The first kappa shape index (κ1) is 83.7. The molecule has 1 amide bonds. The molecule has 0 aromatic carbocycles. The Morgan fingerprint density at radius 1 is 0.414 bits per heavy atom. The number of unbranched alkanes of at least 4 members (excludes halogenated alkanes) is 33. The Hall–Kier alpha value is -3.33. The summed E-state index contributed by atoms with van der Waals surface area (Å²) < 4.78 is 30.9. The molecule has 9 nitrogen and oxygen atoms in total. The first-order valence-corrected chi connectivity index (χ1v) is 37.7. The summed E-state index contributed by atoms with van der Waals surface area (Å²) in [6, 6.07) is -0.861. The maximum Gasteiger partial charge on any atom is 0.472 e. The summed E-state index contributed by atoms with van der Waals surface area (Å²) >= 11 is 0. The number of amides is 1. The molecule has 0 saturated heterocycles. The van der Waals surface area contributed by atoms with E-state index in [1.807, 2.05) is 33.3 Å². The van der Waals surface area contributed by atoms with Crippen molar-refractivity contribution in [3.05, 3.63) is 109 Å². The lowest BCUT2D eigenvalue weighted by molar-refractivity contribution is -0.870. The van der Waals surface area contributed by atoms with Crippen LogP contribution in [0.1, 0.15) is 316 Å². The van der Waals surface area contributed by atoms with E-state index in [0.717, 1.165) is 116 Å². The highest BCUT2D eigenvalue weighted by molar-refractivity contribution is 7.47. The molecule has 87 heavy (non-hydrogen) atoms. The van der Waals surface area contributed by atoms with E-state index in [9.17, 15) is 19.0 Å². The van der Waals surface area contributed by atoms with E-state index in [2.05, 4.69) is 123 Å². The fourth-order valence-electron chi connectivity index (χ4n) is 10.2. The van der Waals surface area contributed by atoms with E-state index in [4.69, 9.17) is 13.8 Å². The number of carbonyl (C=O) groups is 2. The quantitative estimate of drug-likeness (QED) is 0.0205. The van der Waals surface area contributed by atoms with Gasteiger partial charge in [0.2, 0.25) is 5.91 Å². The van der Waals surface area contributed by atoms with Gasteiger partial charge in [-0.1, -0.05) is 297 Å². The van der Waals surface area contributed by atoms with Gasteiger partial charge in [0.25, 0.3) is 0 Å². The normalized spacial score (nSPS) is 14.1. The van der Waals surface area contributed by atoms with Crippen LogP contribution < -0.4 is 5.32 Å². The molecule has 2 N–H and O–H groups in total. The third-order valence-electron chi connectivity index (χ3n) is 15.7. The fraction of sp³-hybridized carbons (Fsp3) is 0.740. The minimum atomic E-state index is -4.47. The Bertz CT molecular complexity index is 1860. The number of nitrogens with one attached hydrogen (secondary N) is 1. The van der Waals surface area contributed by atoms with Gasteiger partial charge in [0.1, 0.15) is 19.3 Å². The number of quaternary nitrogens is 1. The molecule has 0 saturated carbocycles. The number of phosphoric acid groups is 1. The van der Waals surface area contributed by atoms with Gasteiger partial charge in [0.05, 0.1) is 33.8 Å². The third-order valence-corrected chi connectivity index (χ3v) is 16.7. The second-order valence-corrected chi connectivity index (χ2v) is 26.8. The predicted molar refractivity (Wildman–Crippen MR) is 378 cm³/mol. The van der Waals surface area contributed by atoms with Crippen LogP contribution in [0.2, 0.25) is 0 Å². The van der Waals surface area contributed by atoms with Crippen LogP contribution in [0.15, 0.2) is 109 Å². The van der Waals surface area contributed by atoms with Crippen molar-refractivity contribution in [2.45, 2.75) is 328 Å². The van der Waals surface area contributed by atoms with Gasteiger partial charge in [-0.25, -0.2) is 4.57 Å². The average molecular weight is 1230 g/mol. The van der Waals surface area contributed by atoms with Crippen LogP contribution in [0.4, 0.5) is 0 Å². The van der Waals surface area contributed by atoms with Gasteiger partial charge in [-0.05, 0) is 115 Å². The molecule has 0 heterocycles. The number of nitrogens with zero attached hydrogens (tertiary/aromatic N) is 1. The van der Waals surface area contributed by atoms with Crippen molar-refractivity contribution in [2.75, 3.05) is 40.9 Å². The summed E-state index contributed by atoms with van der Waals surface area (Å²) in [7, 11) is 1.48. The first-order valence-electron chi connectivity index (χ1n) is 36.2. The average Bonchev–Trinajstić information content (AvgIpc) is 3.69. The highest BCUT2D eigenvalue weighted by Gasteiger charge is 2.30. The van der Waals surface area contributed by atoms with Crippen molar-refractivity contribution in [2.24, 2.45) is 0 Å². The molecule has 0 aliphatic carbocycles. The van der Waals surface area contributed by atoms with Crippen molar-refractivity contribution >= 4 is 19.7 Å². The summed E-state index contributed by atoms with van der Waals surface area (Å²) in [6.45, 7) is 6.89. The molecule has 3 atom stereocenters. The molecule has 0 aromatic heterocycles. The number of esters is 1. The van der Waals surface area contributed by atoms with E-state index in [0.29, 0.717) is 17.4 Å². The number of hydrogen-bond acceptors (Lipinski definition) is 6. The van der Waals surface area contributed by atoms with Gasteiger partial charge in [0.15, 0.2) is 0 Å². The van der Waals surface area contributed by atoms with Crippen molar-refractivity contribution in [1.29, 1.82) is 0 Å². The van der Waals surface area contributed by atoms with Gasteiger partial charge >= 0.3 is 13.8 Å². The Morgan fingerprint density at radius 2 is 0.736 bits per heavy atom. The lowest BCUT2D eigenvalue weighted by atomic mass is 10.0. The van der Waals surface area contributed by atoms with Crippen LogP contribution in [0.25, 0.3) is 0 Å². The molecule has 0 spiro atoms. The summed E-state index contributed by atoms with van der Waals surface area (Å²) in [4.78, 5) is 38.0. The molecule has 0 fully saturated rings. The number of allylic oxidation sites excluding steroid dienone is 17. The number of likely N-dealkylation sites (N-methyl/N-ethyl adjacent to an activating group) is 1. The second-order valence-electron chi connectivity index (χ2n) is 25.4. The van der Waals surface area contributed by atoms with E-state index in [1.54, 1.807) is 0 Å². The number of hydrogen-bond donors (Lipinski definition) is 2. The molecule has 0 aliphatic heterocycles. The zero-order chi connectivity index (χ0) is 63.5. The molecular formula is C77H138N2O7P+. The maximum absolute atomic E-state index is 13.6. The Balaban J connectivity index is 5.12. The standard InChI is InChI=1S/C77H137N2O7P/c1-7-10-13-16-19-22-25-28-30-32-34-36-37-38-39-40-41-43-44-46-48-51-54-57-60-63-66-69-76(80)78-74(73-85-87(82,83)84-72-71-79(4,5)6)75(68-65-62-59-56-53-50-27-24-21-18-15-12-9-3)86-77(81)70-67-64-61-58-55-52-49-47-45-42-35-33-31-29-26-23-20-17-14-11-8-2/h10,13,19-20,22-23,28-31,34,36,38-39,41,43,65,68,74-75H,7-9,11-12,14-18,21,24-27,32-33,35,37,40,42,44-64,66-67,69-73H2,1-6H3,(H-,78,80,82,83)/p+1/b13-10-,22-19-,23-20-,30-28-,31-29-,36-34-,39-38-,43-41-,68-65-. The molecule has 502 valence electrons. The lowest BCUT2D eigenvalue weighted by Crippen LogP contribution is -2.47. The smallest absolute Gasteiger partial charge is 0.456 e. The monoisotopic (exact) mass is 1230 g/mol. The zero-order valence-corrected chi connectivity index (χ0v) is 58.4. The number of phosphoric ester groups is 1. The van der Waals surface area contributed by atoms with Gasteiger partial charge in [-0.15, -0.1) is 0 Å². The third kappa shape index (κ3) is 66.9. The van der Waals surface area contributed by atoms with E-state index in [-0.39, 0.29) is 31.5 Å². The van der Waals surface area contributed by atoms with Crippen molar-refractivity contribution in [1.82, 2.24) is 5.32 Å². The topological polar surface area (TPSA) is 111 Å². The molecule has 0 aromatic rings. The van der Waals surface area contributed by atoms with E-state index in [1.165, 1.54) is 167 Å². The SMILES string of the molecule is CC/C=C\C/C=C\C/C=C\C/C=C\C/C=C\C/C=C\CCCCCCCCCCC(=O)NC(COP(=O)(O)OCC[N+](C)(C)C)C(/C=C\CCCCCCCCCCCCC)OC(=O)CCCCCCCCCCCCC/C=C\C/C=C\CCCCC. The van der Waals surface area contributed by atoms with Gasteiger partial charge < -0.3 is 19.4 Å². The Kier molecular flexibility index (Phi) is 63.1. The van der Waals surface area contributed by atoms with Crippen molar-refractivity contribution < 1.29 is 37.3 Å². The molecule has 0 rings (SSSR count). The molecular weight excluding hydrogens is 1100 g/mol. The predicted octanol–water partition coefficient (Wildman–Crippen LogP) is 23.2. The highest BCUT2D eigenvalue weighted by Crippen LogP contribution is 2.43. The van der Waals surface area contributed by atoms with Crippen molar-refractivity contribution in [3.8, 4) is 0 Å². The second kappa shape index (κ2) is 65.6. The number of carbonyl (C=O) groups excluding carboxylic acids is 2. The van der Waals surface area contributed by atoms with Crippen molar-refractivity contribution in [3.63, 3.8) is 0 Å². The minimum absolute atomic E-state index is 0.0339. The van der Waals surface area contributed by atoms with Crippen LogP contribution in [-0.2, 0) is 27.9 Å². The van der Waals surface area contributed by atoms with E-state index < -0.39 is 20.0 Å². The van der Waals surface area contributed by atoms with Crippen LogP contribution in [0, 0.1) is 0 Å². The summed E-state index contributed by atoms with van der Waals surface area (Å²) in [5, 5.41) is 3.07. The Labute approximate surface area is 538 Å². The Morgan fingerprint density at radius 3 is 1.13 bits per heavy atom. The molecule has 10 heteroatoms. The molecule has 0 bridgehead atoms. The van der Waals surface area contributed by atoms with Gasteiger partial charge in [-0.3, -0.25) is 18.6 Å². The van der Waals surface area contributed by atoms with Gasteiger partial charge in [0, 0.05) is 12.8 Å². The van der Waals surface area contributed by atoms with Crippen LogP contribution in [0.3, 0.4) is 0 Å². The largest absolute Gasteiger partial charge is 0.472 e. The molecule has 3 unspecified atom stereocenters. The van der Waals surface area contributed by atoms with Crippen LogP contribution >= 0.6 is 7.82 Å². The van der Waals surface area contributed by atoms with Crippen LogP contribution in [0.5, 0.6) is 0 Å². The minimum Gasteiger partial charge on any atom is -0.456 e. The summed E-state index contributed by atoms with van der Waals surface area (Å²) in [5.41, 5.74) is 0. The summed E-state index contributed by atoms with van der Waals surface area (Å²) in [5.74, 6) is -0.514. The molecule has 0 radical (unpaired) electrons. The summed E-state index contributed by atoms with van der Waals surface area (Å²) in [6.07, 6.45) is 90.9. The number of rotatable bonds is 65. The number of ether oxygens (including phenoxy) is 1. The lowest BCUT2D eigenvalue weighted by Gasteiger charge is -2.27. The fourth-order valence-corrected chi connectivity index (χ4v) is 10.9. The highest BCUT2D eigenvalue weighted by atomic mass is 31.2.